The molecule has 0 bridgehead atoms. The summed E-state index contributed by atoms with van der Waals surface area (Å²) in [6, 6.07) is 28.5. The van der Waals surface area contributed by atoms with E-state index in [0.717, 1.165) is 45.3 Å². The maximum absolute atomic E-state index is 14.0. The number of nitrogens with one attached hydrogen (secondary N) is 1. The van der Waals surface area contributed by atoms with Crippen LogP contribution in [0.5, 0.6) is 11.5 Å². The van der Waals surface area contributed by atoms with Gasteiger partial charge in [-0.3, -0.25) is 9.59 Å². The number of carbonyl (C=O) groups is 2. The summed E-state index contributed by atoms with van der Waals surface area (Å²) < 4.78 is 11.6. The highest BCUT2D eigenvalue weighted by atomic mass is 16.6. The maximum Gasteiger partial charge on any atom is 0.313 e. The van der Waals surface area contributed by atoms with Crippen LogP contribution >= 0.6 is 0 Å². The lowest BCUT2D eigenvalue weighted by Crippen LogP contribution is -2.30. The number of benzene rings is 4. The molecule has 1 aliphatic heterocycles. The van der Waals surface area contributed by atoms with Gasteiger partial charge in [-0.15, -0.1) is 0 Å². The SMILES string of the molecule is CCOc1cc(C2C3=C(CC(c4ccccc4)CC3=O)Nc3ccc4ccccc4c32)ccc1OC(=O)C(C)C. The molecule has 1 aliphatic carbocycles. The van der Waals surface area contributed by atoms with Gasteiger partial charge in [0, 0.05) is 29.3 Å². The molecule has 2 unspecified atom stereocenters. The van der Waals surface area contributed by atoms with E-state index in [-0.39, 0.29) is 29.5 Å². The van der Waals surface area contributed by atoms with Crippen LogP contribution in [0, 0.1) is 5.92 Å². The molecule has 5 heteroatoms. The number of ether oxygens (including phenoxy) is 2. The van der Waals surface area contributed by atoms with Crippen molar-refractivity contribution in [3.63, 3.8) is 0 Å². The number of anilines is 1. The first-order chi connectivity index (χ1) is 19.4. The predicted molar refractivity (Wildman–Crippen MR) is 158 cm³/mol. The molecule has 4 aromatic rings. The van der Waals surface area contributed by atoms with E-state index in [0.29, 0.717) is 24.5 Å². The summed E-state index contributed by atoms with van der Waals surface area (Å²) in [4.78, 5) is 26.4. The summed E-state index contributed by atoms with van der Waals surface area (Å²) >= 11 is 0. The normalized spacial score (nSPS) is 18.2. The average molecular weight is 532 g/mol. The minimum absolute atomic E-state index is 0.124. The van der Waals surface area contributed by atoms with Gasteiger partial charge in [-0.25, -0.2) is 0 Å². The first-order valence-electron chi connectivity index (χ1n) is 14.0. The fraction of sp³-hybridized carbons (Fsp3) is 0.257. The Kier molecular flexibility index (Phi) is 6.89. The number of hydrogen-bond donors (Lipinski definition) is 1. The molecule has 0 fully saturated rings. The molecule has 6 rings (SSSR count). The number of Topliss-reactive ketones (excluding diaryl/α,β-unsaturated/α-hetero) is 1. The molecule has 0 saturated heterocycles. The van der Waals surface area contributed by atoms with Gasteiger partial charge in [0.15, 0.2) is 17.3 Å². The Labute approximate surface area is 234 Å². The second kappa shape index (κ2) is 10.6. The van der Waals surface area contributed by atoms with Gasteiger partial charge in [0.05, 0.1) is 12.5 Å². The van der Waals surface area contributed by atoms with Crippen LogP contribution in [0.1, 0.15) is 62.1 Å². The summed E-state index contributed by atoms with van der Waals surface area (Å²) in [7, 11) is 0. The second-order valence-electron chi connectivity index (χ2n) is 10.9. The van der Waals surface area contributed by atoms with Crippen molar-refractivity contribution in [3.8, 4) is 11.5 Å². The zero-order valence-corrected chi connectivity index (χ0v) is 23.1. The van der Waals surface area contributed by atoms with E-state index in [4.69, 9.17) is 9.47 Å². The highest BCUT2D eigenvalue weighted by Crippen LogP contribution is 2.51. The predicted octanol–water partition coefficient (Wildman–Crippen LogP) is 7.76. The standard InChI is InChI=1S/C35H33NO4/c1-4-39-31-20-24(15-17-30(31)40-35(38)21(2)3)32-33-26-13-9-8-12-23(26)14-16-27(33)36-28-18-25(19-29(37)34(28)32)22-10-6-5-7-11-22/h5-17,20-21,25,32,36H,4,18-19H2,1-3H3. The molecule has 0 amide bonds. The molecule has 0 aromatic heterocycles. The minimum atomic E-state index is -0.314. The van der Waals surface area contributed by atoms with Crippen LogP contribution in [0.3, 0.4) is 0 Å². The van der Waals surface area contributed by atoms with Gasteiger partial charge in [0.1, 0.15) is 0 Å². The van der Waals surface area contributed by atoms with Crippen LogP contribution in [0.2, 0.25) is 0 Å². The van der Waals surface area contributed by atoms with Crippen molar-refractivity contribution in [2.45, 2.75) is 45.4 Å². The lowest BCUT2D eigenvalue weighted by molar-refractivity contribution is -0.137. The average Bonchev–Trinajstić information content (AvgIpc) is 2.97. The minimum Gasteiger partial charge on any atom is -0.490 e. The Hall–Kier alpha value is -4.38. The van der Waals surface area contributed by atoms with Crippen LogP contribution in [0.15, 0.2) is 96.2 Å². The first-order valence-corrected chi connectivity index (χ1v) is 14.0. The van der Waals surface area contributed by atoms with E-state index in [1.54, 1.807) is 19.9 Å². The van der Waals surface area contributed by atoms with Gasteiger partial charge in [-0.1, -0.05) is 80.6 Å². The van der Waals surface area contributed by atoms with Crippen molar-refractivity contribution in [1.29, 1.82) is 0 Å². The van der Waals surface area contributed by atoms with Gasteiger partial charge >= 0.3 is 5.97 Å². The van der Waals surface area contributed by atoms with Gasteiger partial charge in [0.25, 0.3) is 0 Å². The maximum atomic E-state index is 14.0. The van der Waals surface area contributed by atoms with Gasteiger partial charge in [0.2, 0.25) is 0 Å². The molecule has 0 saturated carbocycles. The number of fused-ring (bicyclic) bond motifs is 3. The number of ketones is 1. The number of carbonyl (C=O) groups excluding carboxylic acids is 2. The second-order valence-corrected chi connectivity index (χ2v) is 10.9. The number of esters is 1. The Morgan fingerprint density at radius 2 is 1.68 bits per heavy atom. The van der Waals surface area contributed by atoms with E-state index >= 15 is 0 Å². The largest absolute Gasteiger partial charge is 0.490 e. The van der Waals surface area contributed by atoms with E-state index in [9.17, 15) is 9.59 Å². The molecule has 4 aromatic carbocycles. The van der Waals surface area contributed by atoms with Crippen LogP contribution in [0.4, 0.5) is 5.69 Å². The summed E-state index contributed by atoms with van der Waals surface area (Å²) in [5.74, 6) is 0.314. The summed E-state index contributed by atoms with van der Waals surface area (Å²) in [5, 5.41) is 5.90. The van der Waals surface area contributed by atoms with Crippen molar-refractivity contribution in [1.82, 2.24) is 0 Å². The molecule has 1 N–H and O–H groups in total. The molecule has 2 aliphatic rings. The van der Waals surface area contributed by atoms with Gasteiger partial charge in [-0.2, -0.15) is 0 Å². The van der Waals surface area contributed by atoms with E-state index in [2.05, 4.69) is 41.7 Å². The number of allylic oxidation sites excluding steroid dienone is 2. The Morgan fingerprint density at radius 3 is 2.45 bits per heavy atom. The lowest BCUT2D eigenvalue weighted by atomic mass is 9.71. The highest BCUT2D eigenvalue weighted by Gasteiger charge is 2.39. The van der Waals surface area contributed by atoms with Crippen LogP contribution in [-0.4, -0.2) is 18.4 Å². The molecule has 202 valence electrons. The summed E-state index contributed by atoms with van der Waals surface area (Å²) in [5.41, 5.74) is 6.00. The fourth-order valence-corrected chi connectivity index (χ4v) is 5.98. The van der Waals surface area contributed by atoms with E-state index in [1.165, 1.54) is 5.56 Å². The van der Waals surface area contributed by atoms with Crippen molar-refractivity contribution in [2.24, 2.45) is 5.92 Å². The molecular formula is C35H33NO4. The third kappa shape index (κ3) is 4.66. The van der Waals surface area contributed by atoms with Crippen molar-refractivity contribution in [2.75, 3.05) is 11.9 Å². The number of hydrogen-bond acceptors (Lipinski definition) is 5. The Bertz CT molecular complexity index is 1640. The van der Waals surface area contributed by atoms with E-state index < -0.39 is 0 Å². The molecule has 0 radical (unpaired) electrons. The monoisotopic (exact) mass is 531 g/mol. The molecule has 40 heavy (non-hydrogen) atoms. The van der Waals surface area contributed by atoms with Gasteiger partial charge < -0.3 is 14.8 Å². The summed E-state index contributed by atoms with van der Waals surface area (Å²) in [6.07, 6.45) is 1.22. The van der Waals surface area contributed by atoms with Crippen LogP contribution < -0.4 is 14.8 Å². The molecule has 2 atom stereocenters. The fourth-order valence-electron chi connectivity index (χ4n) is 5.98. The quantitative estimate of drug-likeness (QED) is 0.203. The topological polar surface area (TPSA) is 64.6 Å². The highest BCUT2D eigenvalue weighted by molar-refractivity contribution is 6.04. The van der Waals surface area contributed by atoms with Crippen molar-refractivity contribution >= 4 is 28.2 Å². The zero-order valence-electron chi connectivity index (χ0n) is 23.1. The Balaban J connectivity index is 1.52. The van der Waals surface area contributed by atoms with Gasteiger partial charge in [-0.05, 0) is 64.9 Å². The molecule has 0 spiro atoms. The van der Waals surface area contributed by atoms with E-state index in [1.807, 2.05) is 49.4 Å². The molecule has 5 nitrogen and oxygen atoms in total. The third-order valence-electron chi connectivity index (χ3n) is 7.90. The first kappa shape index (κ1) is 25.9. The lowest BCUT2D eigenvalue weighted by Gasteiger charge is -2.37. The van der Waals surface area contributed by atoms with Crippen molar-refractivity contribution in [3.05, 3.63) is 113 Å². The number of rotatable bonds is 6. The Morgan fingerprint density at radius 1 is 0.900 bits per heavy atom. The zero-order chi connectivity index (χ0) is 27.8. The van der Waals surface area contributed by atoms with Crippen LogP contribution in [0.25, 0.3) is 10.8 Å². The smallest absolute Gasteiger partial charge is 0.313 e. The third-order valence-corrected chi connectivity index (χ3v) is 7.90. The molecular weight excluding hydrogens is 498 g/mol. The summed E-state index contributed by atoms with van der Waals surface area (Å²) in [6.45, 7) is 5.94. The van der Waals surface area contributed by atoms with Crippen molar-refractivity contribution < 1.29 is 19.1 Å². The molecule has 1 heterocycles. The van der Waals surface area contributed by atoms with Crippen LogP contribution in [-0.2, 0) is 9.59 Å².